The standard InChI is InChI=1S/C18H18ClN3O2/c1-4-13-6-7-14-17(12-8-9-20-15(19)10-12)16(18(23)24-5-2)11(3)21-22(13)14/h6-10H,4-5H2,1-3H3. The molecule has 0 aliphatic carbocycles. The number of hydrogen-bond acceptors (Lipinski definition) is 4. The largest absolute Gasteiger partial charge is 0.462 e. The third-order valence-corrected chi connectivity index (χ3v) is 4.12. The van der Waals surface area contributed by atoms with Crippen LogP contribution in [-0.4, -0.2) is 27.2 Å². The van der Waals surface area contributed by atoms with Crippen LogP contribution < -0.4 is 0 Å². The van der Waals surface area contributed by atoms with Gasteiger partial charge in [0.05, 0.1) is 23.4 Å². The van der Waals surface area contributed by atoms with Crippen LogP contribution >= 0.6 is 11.6 Å². The van der Waals surface area contributed by atoms with Gasteiger partial charge in [0, 0.05) is 17.5 Å². The Bertz CT molecular complexity index is 918. The summed E-state index contributed by atoms with van der Waals surface area (Å²) in [7, 11) is 0. The van der Waals surface area contributed by atoms with Crippen LogP contribution in [0.1, 0.15) is 35.6 Å². The summed E-state index contributed by atoms with van der Waals surface area (Å²) in [5.41, 5.74) is 4.59. The van der Waals surface area contributed by atoms with Crippen molar-refractivity contribution in [2.75, 3.05) is 6.61 Å². The molecular formula is C18H18ClN3O2. The van der Waals surface area contributed by atoms with Gasteiger partial charge in [0.15, 0.2) is 0 Å². The highest BCUT2D eigenvalue weighted by Gasteiger charge is 2.23. The van der Waals surface area contributed by atoms with E-state index < -0.39 is 0 Å². The summed E-state index contributed by atoms with van der Waals surface area (Å²) in [6, 6.07) is 7.57. The van der Waals surface area contributed by atoms with E-state index in [-0.39, 0.29) is 5.97 Å². The number of rotatable bonds is 4. The van der Waals surface area contributed by atoms with Crippen molar-refractivity contribution in [3.63, 3.8) is 0 Å². The molecule has 0 atom stereocenters. The van der Waals surface area contributed by atoms with Crippen molar-refractivity contribution in [2.24, 2.45) is 0 Å². The molecule has 0 aliphatic rings. The van der Waals surface area contributed by atoms with E-state index in [1.807, 2.05) is 29.6 Å². The lowest BCUT2D eigenvalue weighted by Gasteiger charge is -2.14. The normalized spacial score (nSPS) is 11.0. The number of ether oxygens (including phenoxy) is 1. The maximum absolute atomic E-state index is 12.5. The van der Waals surface area contributed by atoms with E-state index in [1.165, 1.54) is 0 Å². The lowest BCUT2D eigenvalue weighted by molar-refractivity contribution is 0.0525. The number of carbonyl (C=O) groups is 1. The van der Waals surface area contributed by atoms with Crippen molar-refractivity contribution in [3.8, 4) is 11.1 Å². The number of pyridine rings is 1. The third-order valence-electron chi connectivity index (χ3n) is 3.91. The van der Waals surface area contributed by atoms with E-state index in [4.69, 9.17) is 16.3 Å². The molecule has 0 N–H and O–H groups in total. The minimum absolute atomic E-state index is 0.307. The average molecular weight is 344 g/mol. The van der Waals surface area contributed by atoms with Gasteiger partial charge < -0.3 is 4.74 Å². The first-order valence-corrected chi connectivity index (χ1v) is 8.24. The van der Waals surface area contributed by atoms with Gasteiger partial charge in [0.2, 0.25) is 0 Å². The fourth-order valence-electron chi connectivity index (χ4n) is 2.86. The lowest BCUT2D eigenvalue weighted by Crippen LogP contribution is -2.13. The first-order chi connectivity index (χ1) is 11.6. The summed E-state index contributed by atoms with van der Waals surface area (Å²) >= 11 is 6.06. The molecule has 6 heteroatoms. The molecule has 0 fully saturated rings. The topological polar surface area (TPSA) is 56.5 Å². The number of fused-ring (bicyclic) bond motifs is 1. The quantitative estimate of drug-likeness (QED) is 0.528. The van der Waals surface area contributed by atoms with Gasteiger partial charge in [-0.3, -0.25) is 0 Å². The maximum atomic E-state index is 12.5. The second-order valence-electron chi connectivity index (χ2n) is 5.40. The molecule has 0 bridgehead atoms. The molecule has 3 aromatic heterocycles. The van der Waals surface area contributed by atoms with Crippen molar-refractivity contribution >= 4 is 23.1 Å². The molecule has 3 rings (SSSR count). The molecule has 3 aromatic rings. The van der Waals surface area contributed by atoms with Crippen LogP contribution in [0.3, 0.4) is 0 Å². The minimum atomic E-state index is -0.382. The van der Waals surface area contributed by atoms with Crippen molar-refractivity contribution < 1.29 is 9.53 Å². The Morgan fingerprint density at radius 2 is 2.08 bits per heavy atom. The zero-order chi connectivity index (χ0) is 17.3. The van der Waals surface area contributed by atoms with E-state index in [0.717, 1.165) is 28.8 Å². The maximum Gasteiger partial charge on any atom is 0.340 e. The second kappa shape index (κ2) is 6.61. The highest BCUT2D eigenvalue weighted by molar-refractivity contribution is 6.29. The van der Waals surface area contributed by atoms with Crippen molar-refractivity contribution in [2.45, 2.75) is 27.2 Å². The fraction of sp³-hybridized carbons (Fsp3) is 0.278. The average Bonchev–Trinajstić information content (AvgIpc) is 2.96. The molecule has 124 valence electrons. The van der Waals surface area contributed by atoms with Crippen LogP contribution in [0.15, 0.2) is 30.5 Å². The van der Waals surface area contributed by atoms with Gasteiger partial charge in [-0.1, -0.05) is 18.5 Å². The van der Waals surface area contributed by atoms with Gasteiger partial charge >= 0.3 is 5.97 Å². The number of halogens is 1. The summed E-state index contributed by atoms with van der Waals surface area (Å²) in [5, 5.41) is 4.96. The van der Waals surface area contributed by atoms with Crippen LogP contribution in [0.2, 0.25) is 5.15 Å². The Kier molecular flexibility index (Phi) is 4.53. The monoisotopic (exact) mass is 343 g/mol. The van der Waals surface area contributed by atoms with Gasteiger partial charge in [-0.05, 0) is 50.1 Å². The Balaban J connectivity index is 2.39. The van der Waals surface area contributed by atoms with Crippen LogP contribution in [0, 0.1) is 6.92 Å². The summed E-state index contributed by atoms with van der Waals surface area (Å²) < 4.78 is 7.12. The van der Waals surface area contributed by atoms with E-state index >= 15 is 0 Å². The number of aryl methyl sites for hydroxylation is 2. The van der Waals surface area contributed by atoms with Gasteiger partial charge in [0.25, 0.3) is 0 Å². The molecule has 0 unspecified atom stereocenters. The minimum Gasteiger partial charge on any atom is -0.462 e. The Morgan fingerprint density at radius 3 is 2.75 bits per heavy atom. The van der Waals surface area contributed by atoms with Crippen molar-refractivity contribution in [1.29, 1.82) is 0 Å². The molecule has 0 radical (unpaired) electrons. The summed E-state index contributed by atoms with van der Waals surface area (Å²) in [6.45, 7) is 5.98. The SMILES string of the molecule is CCOC(=O)c1c(C)nn2c(CC)ccc2c1-c1ccnc(Cl)c1. The molecule has 5 nitrogen and oxygen atoms in total. The highest BCUT2D eigenvalue weighted by atomic mass is 35.5. The molecular weight excluding hydrogens is 326 g/mol. The first-order valence-electron chi connectivity index (χ1n) is 7.87. The summed E-state index contributed by atoms with van der Waals surface area (Å²) in [4.78, 5) is 16.6. The van der Waals surface area contributed by atoms with Crippen LogP contribution in [0.4, 0.5) is 0 Å². The summed E-state index contributed by atoms with van der Waals surface area (Å²) in [6.07, 6.45) is 2.47. The van der Waals surface area contributed by atoms with Gasteiger partial charge in [-0.15, -0.1) is 0 Å². The fourth-order valence-corrected chi connectivity index (χ4v) is 3.03. The number of esters is 1. The predicted octanol–water partition coefficient (Wildman–Crippen LogP) is 4.10. The molecule has 0 amide bonds. The molecule has 0 saturated carbocycles. The smallest absolute Gasteiger partial charge is 0.340 e. The molecule has 24 heavy (non-hydrogen) atoms. The number of nitrogens with zero attached hydrogens (tertiary/aromatic N) is 3. The Labute approximate surface area is 145 Å². The van der Waals surface area contributed by atoms with Crippen molar-refractivity contribution in [1.82, 2.24) is 14.6 Å². The molecule has 0 aliphatic heterocycles. The van der Waals surface area contributed by atoms with Crippen LogP contribution in [-0.2, 0) is 11.2 Å². The summed E-state index contributed by atoms with van der Waals surface area (Å²) in [5.74, 6) is -0.382. The Morgan fingerprint density at radius 1 is 1.29 bits per heavy atom. The molecule has 0 spiro atoms. The molecule has 0 saturated heterocycles. The Hall–Kier alpha value is -2.40. The third kappa shape index (κ3) is 2.76. The van der Waals surface area contributed by atoms with Gasteiger partial charge in [-0.2, -0.15) is 5.10 Å². The van der Waals surface area contributed by atoms with E-state index in [1.54, 1.807) is 19.2 Å². The number of aromatic nitrogens is 3. The molecule has 0 aromatic carbocycles. The van der Waals surface area contributed by atoms with Gasteiger partial charge in [-0.25, -0.2) is 14.3 Å². The van der Waals surface area contributed by atoms with E-state index in [0.29, 0.717) is 23.0 Å². The van der Waals surface area contributed by atoms with Crippen LogP contribution in [0.25, 0.3) is 16.6 Å². The van der Waals surface area contributed by atoms with Crippen LogP contribution in [0.5, 0.6) is 0 Å². The predicted molar refractivity (Wildman–Crippen MR) is 93.5 cm³/mol. The van der Waals surface area contributed by atoms with E-state index in [2.05, 4.69) is 17.0 Å². The second-order valence-corrected chi connectivity index (χ2v) is 5.79. The zero-order valence-electron chi connectivity index (χ0n) is 13.8. The highest BCUT2D eigenvalue weighted by Crippen LogP contribution is 2.32. The number of carbonyl (C=O) groups excluding carboxylic acids is 1. The number of hydrogen-bond donors (Lipinski definition) is 0. The first kappa shape index (κ1) is 16.5. The van der Waals surface area contributed by atoms with E-state index in [9.17, 15) is 4.79 Å². The van der Waals surface area contributed by atoms with Crippen molar-refractivity contribution in [3.05, 3.63) is 52.6 Å². The lowest BCUT2D eigenvalue weighted by atomic mass is 9.99. The molecule has 3 heterocycles. The zero-order valence-corrected chi connectivity index (χ0v) is 14.6. The van der Waals surface area contributed by atoms with Gasteiger partial charge in [0.1, 0.15) is 5.15 Å².